The first-order chi connectivity index (χ1) is 8.36. The molecule has 18 heavy (non-hydrogen) atoms. The fraction of sp³-hybridized carbons (Fsp3) is 0.222. The summed E-state index contributed by atoms with van der Waals surface area (Å²) in [6, 6.07) is 0.677. The number of thioether (sulfide) groups is 1. The Morgan fingerprint density at radius 3 is 2.67 bits per heavy atom. The fourth-order valence-electron chi connectivity index (χ4n) is 1.08. The summed E-state index contributed by atoms with van der Waals surface area (Å²) in [5.41, 5.74) is -1.82. The zero-order valence-corrected chi connectivity index (χ0v) is 10.6. The highest BCUT2D eigenvalue weighted by atomic mass is 32.2. The van der Waals surface area contributed by atoms with Gasteiger partial charge in [-0.25, -0.2) is 0 Å². The van der Waals surface area contributed by atoms with Crippen molar-refractivity contribution in [2.45, 2.75) is 6.18 Å². The monoisotopic (exact) mass is 291 g/mol. The number of rotatable bonds is 2. The second kappa shape index (κ2) is 6.00. The summed E-state index contributed by atoms with van der Waals surface area (Å²) in [6.07, 6.45) is -2.99. The van der Waals surface area contributed by atoms with Gasteiger partial charge in [-0.3, -0.25) is 19.9 Å². The van der Waals surface area contributed by atoms with Crippen molar-refractivity contribution in [1.29, 1.82) is 0 Å². The SMILES string of the molecule is O=C(NC(=O)c1cnccc1C(F)(F)F)SC[Si]. The number of carbonyl (C=O) groups is 2. The Morgan fingerprint density at radius 1 is 1.44 bits per heavy atom. The van der Waals surface area contributed by atoms with Crippen molar-refractivity contribution in [1.82, 2.24) is 10.3 Å². The normalized spacial score (nSPS) is 11.1. The Kier molecular flexibility index (Phi) is 4.90. The maximum absolute atomic E-state index is 12.6. The molecule has 1 aromatic heterocycles. The van der Waals surface area contributed by atoms with E-state index >= 15 is 0 Å². The summed E-state index contributed by atoms with van der Waals surface area (Å²) in [6.45, 7) is 0. The molecule has 3 radical (unpaired) electrons. The number of pyridine rings is 1. The quantitative estimate of drug-likeness (QED) is 0.844. The van der Waals surface area contributed by atoms with Crippen LogP contribution in [0.5, 0.6) is 0 Å². The molecule has 4 nitrogen and oxygen atoms in total. The molecule has 0 atom stereocenters. The summed E-state index contributed by atoms with van der Waals surface area (Å²) in [4.78, 5) is 26.0. The van der Waals surface area contributed by atoms with E-state index in [1.807, 2.05) is 5.32 Å². The minimum absolute atomic E-state index is 0.221. The molecule has 0 aromatic carbocycles. The standard InChI is InChI=1S/C9H6F3N2O2SSi/c10-9(11,12)6-1-2-13-3-5(6)7(15)14-8(16)17-4-18/h1-3H,4H2,(H,14,15,16). The molecule has 0 saturated heterocycles. The highest BCUT2D eigenvalue weighted by Gasteiger charge is 2.35. The predicted molar refractivity (Wildman–Crippen MR) is 60.3 cm³/mol. The molecular formula is C9H6F3N2O2SSi. The summed E-state index contributed by atoms with van der Waals surface area (Å²) < 4.78 is 37.8. The van der Waals surface area contributed by atoms with Crippen LogP contribution in [0.3, 0.4) is 0 Å². The second-order valence-corrected chi connectivity index (χ2v) is 4.76. The molecule has 0 bridgehead atoms. The molecule has 0 unspecified atom stereocenters. The van der Waals surface area contributed by atoms with E-state index in [4.69, 9.17) is 0 Å². The number of hydrogen-bond donors (Lipinski definition) is 1. The lowest BCUT2D eigenvalue weighted by molar-refractivity contribution is -0.138. The molecule has 9 heteroatoms. The number of aromatic nitrogens is 1. The van der Waals surface area contributed by atoms with E-state index < -0.39 is 28.4 Å². The number of alkyl halides is 3. The van der Waals surface area contributed by atoms with E-state index in [9.17, 15) is 22.8 Å². The first kappa shape index (κ1) is 14.7. The number of amides is 2. The predicted octanol–water partition coefficient (Wildman–Crippen LogP) is 1.81. The number of imide groups is 1. The molecule has 0 saturated carbocycles. The van der Waals surface area contributed by atoms with Gasteiger partial charge in [0.2, 0.25) is 0 Å². The molecule has 1 rings (SSSR count). The minimum atomic E-state index is -4.68. The van der Waals surface area contributed by atoms with E-state index in [1.54, 1.807) is 0 Å². The topological polar surface area (TPSA) is 59.1 Å². The Hall–Kier alpha value is -1.35. The van der Waals surface area contributed by atoms with Gasteiger partial charge in [-0.2, -0.15) is 13.2 Å². The van der Waals surface area contributed by atoms with Gasteiger partial charge in [-0.05, 0) is 11.4 Å². The highest BCUT2D eigenvalue weighted by Crippen LogP contribution is 2.31. The molecule has 0 fully saturated rings. The van der Waals surface area contributed by atoms with Gasteiger partial charge in [-0.15, -0.1) is 0 Å². The van der Waals surface area contributed by atoms with E-state index in [0.29, 0.717) is 17.8 Å². The van der Waals surface area contributed by atoms with E-state index in [1.165, 1.54) is 0 Å². The number of hydrogen-bond acceptors (Lipinski definition) is 4. The average molecular weight is 291 g/mol. The van der Waals surface area contributed by atoms with Crippen LogP contribution in [0, 0.1) is 0 Å². The molecule has 0 aliphatic heterocycles. The zero-order chi connectivity index (χ0) is 13.8. The molecule has 1 aromatic rings. The Labute approximate surface area is 108 Å². The van der Waals surface area contributed by atoms with Gasteiger partial charge in [0, 0.05) is 22.6 Å². The lowest BCUT2D eigenvalue weighted by Gasteiger charge is -2.11. The van der Waals surface area contributed by atoms with Crippen molar-refractivity contribution >= 4 is 33.2 Å². The van der Waals surface area contributed by atoms with Crippen LogP contribution in [0.4, 0.5) is 18.0 Å². The number of nitrogens with one attached hydrogen (secondary N) is 1. The number of nitrogens with zero attached hydrogens (tertiary/aromatic N) is 1. The van der Waals surface area contributed by atoms with Gasteiger partial charge in [0.25, 0.3) is 11.1 Å². The summed E-state index contributed by atoms with van der Waals surface area (Å²) in [7, 11) is 2.99. The summed E-state index contributed by atoms with van der Waals surface area (Å²) in [5.74, 6) is -1.13. The van der Waals surface area contributed by atoms with Crippen LogP contribution < -0.4 is 5.32 Å². The first-order valence-corrected chi connectivity index (χ1v) is 6.19. The molecular weight excluding hydrogens is 285 g/mol. The fourth-order valence-corrected chi connectivity index (χ4v) is 1.77. The van der Waals surface area contributed by atoms with Gasteiger partial charge >= 0.3 is 6.18 Å². The van der Waals surface area contributed by atoms with Crippen LogP contribution >= 0.6 is 11.8 Å². The molecule has 95 valence electrons. The van der Waals surface area contributed by atoms with Gasteiger partial charge in [0.15, 0.2) is 0 Å². The van der Waals surface area contributed by atoms with Gasteiger partial charge in [-0.1, -0.05) is 11.8 Å². The van der Waals surface area contributed by atoms with Gasteiger partial charge < -0.3 is 0 Å². The molecule has 1 heterocycles. The molecule has 2 amide bonds. The Balaban J connectivity index is 2.96. The zero-order valence-electron chi connectivity index (χ0n) is 8.75. The number of carbonyl (C=O) groups excluding carboxylic acids is 2. The van der Waals surface area contributed by atoms with Gasteiger partial charge in [0.1, 0.15) is 0 Å². The van der Waals surface area contributed by atoms with Crippen molar-refractivity contribution in [2.24, 2.45) is 0 Å². The van der Waals surface area contributed by atoms with Crippen LogP contribution in [0.2, 0.25) is 0 Å². The van der Waals surface area contributed by atoms with Crippen LogP contribution in [-0.4, -0.2) is 31.7 Å². The third-order valence-corrected chi connectivity index (χ3v) is 2.73. The van der Waals surface area contributed by atoms with Crippen molar-refractivity contribution in [2.75, 3.05) is 5.38 Å². The number of halogens is 3. The summed E-state index contributed by atoms with van der Waals surface area (Å²) in [5, 5.41) is 1.30. The second-order valence-electron chi connectivity index (χ2n) is 2.95. The maximum Gasteiger partial charge on any atom is 0.417 e. The van der Waals surface area contributed by atoms with E-state index in [2.05, 4.69) is 15.2 Å². The van der Waals surface area contributed by atoms with Gasteiger partial charge in [0.05, 0.1) is 11.1 Å². The summed E-state index contributed by atoms with van der Waals surface area (Å²) >= 11 is 0.709. The van der Waals surface area contributed by atoms with Crippen molar-refractivity contribution in [3.63, 3.8) is 0 Å². The van der Waals surface area contributed by atoms with Crippen LogP contribution in [-0.2, 0) is 6.18 Å². The molecule has 0 aliphatic carbocycles. The van der Waals surface area contributed by atoms with Crippen LogP contribution in [0.25, 0.3) is 0 Å². The lowest BCUT2D eigenvalue weighted by Crippen LogP contribution is -2.29. The smallest absolute Gasteiger partial charge is 0.283 e. The van der Waals surface area contributed by atoms with Crippen LogP contribution in [0.1, 0.15) is 15.9 Å². The lowest BCUT2D eigenvalue weighted by atomic mass is 10.1. The third kappa shape index (κ3) is 3.84. The minimum Gasteiger partial charge on any atom is -0.283 e. The van der Waals surface area contributed by atoms with Crippen molar-refractivity contribution in [3.05, 3.63) is 29.6 Å². The molecule has 0 aliphatic rings. The van der Waals surface area contributed by atoms with Crippen molar-refractivity contribution in [3.8, 4) is 0 Å². The first-order valence-electron chi connectivity index (χ1n) is 4.50. The molecule has 1 N–H and O–H groups in total. The Morgan fingerprint density at radius 2 is 2.11 bits per heavy atom. The van der Waals surface area contributed by atoms with E-state index in [0.717, 1.165) is 12.4 Å². The maximum atomic E-state index is 12.6. The third-order valence-electron chi connectivity index (χ3n) is 1.79. The largest absolute Gasteiger partial charge is 0.417 e. The van der Waals surface area contributed by atoms with Crippen molar-refractivity contribution < 1.29 is 22.8 Å². The highest BCUT2D eigenvalue weighted by molar-refractivity contribution is 8.14. The molecule has 0 spiro atoms. The Bertz CT molecular complexity index is 467. The average Bonchev–Trinajstić information content (AvgIpc) is 2.28. The van der Waals surface area contributed by atoms with E-state index in [-0.39, 0.29) is 5.38 Å². The van der Waals surface area contributed by atoms with Crippen LogP contribution in [0.15, 0.2) is 18.5 Å².